The van der Waals surface area contributed by atoms with E-state index in [1.807, 2.05) is 0 Å². The monoisotopic (exact) mass is 293 g/mol. The molecule has 0 radical (unpaired) electrons. The number of anilines is 1. The van der Waals surface area contributed by atoms with E-state index in [0.717, 1.165) is 0 Å². The summed E-state index contributed by atoms with van der Waals surface area (Å²) in [7, 11) is 0. The van der Waals surface area contributed by atoms with Crippen LogP contribution < -0.4 is 5.73 Å². The van der Waals surface area contributed by atoms with Crippen molar-refractivity contribution in [2.75, 3.05) is 5.73 Å². The summed E-state index contributed by atoms with van der Waals surface area (Å²) in [6, 6.07) is 11.1. The Morgan fingerprint density at radius 2 is 1.88 bits per heavy atom. The molecule has 0 unspecified atom stereocenters. The van der Waals surface area contributed by atoms with Crippen molar-refractivity contribution in [3.05, 3.63) is 63.9 Å². The van der Waals surface area contributed by atoms with E-state index in [-0.39, 0.29) is 15.8 Å². The number of hydrogen-bond donors (Lipinski definition) is 1. The van der Waals surface area contributed by atoms with Crippen LogP contribution in [0, 0.1) is 5.82 Å². The van der Waals surface area contributed by atoms with Crippen LogP contribution >= 0.6 is 15.9 Å². The van der Waals surface area contributed by atoms with Gasteiger partial charge < -0.3 is 5.73 Å². The molecule has 0 aliphatic rings. The molecule has 2 aromatic carbocycles. The largest absolute Gasteiger partial charge is 0.399 e. The fourth-order valence-electron chi connectivity index (χ4n) is 1.51. The second-order valence-corrected chi connectivity index (χ2v) is 4.41. The van der Waals surface area contributed by atoms with Crippen molar-refractivity contribution in [2.24, 2.45) is 0 Å². The van der Waals surface area contributed by atoms with Crippen LogP contribution in [-0.4, -0.2) is 5.78 Å². The summed E-state index contributed by atoms with van der Waals surface area (Å²) in [5.74, 6) is -0.934. The van der Waals surface area contributed by atoms with Gasteiger partial charge in [0.15, 0.2) is 5.78 Å². The maximum absolute atomic E-state index is 13.7. The van der Waals surface area contributed by atoms with Crippen LogP contribution in [0.2, 0.25) is 0 Å². The summed E-state index contributed by atoms with van der Waals surface area (Å²) < 4.78 is 14.0. The molecule has 0 saturated heterocycles. The summed E-state index contributed by atoms with van der Waals surface area (Å²) in [6.07, 6.45) is 0. The van der Waals surface area contributed by atoms with E-state index >= 15 is 0 Å². The van der Waals surface area contributed by atoms with Gasteiger partial charge in [-0.1, -0.05) is 18.2 Å². The third-order valence-corrected chi connectivity index (χ3v) is 2.96. The smallest absolute Gasteiger partial charge is 0.196 e. The highest BCUT2D eigenvalue weighted by Gasteiger charge is 2.15. The number of halogens is 2. The fraction of sp³-hybridized carbons (Fsp3) is 0. The zero-order chi connectivity index (χ0) is 12.4. The van der Waals surface area contributed by atoms with Gasteiger partial charge in [0.1, 0.15) is 5.82 Å². The summed E-state index contributed by atoms with van der Waals surface area (Å²) >= 11 is 3.05. The Hall–Kier alpha value is -1.68. The number of carbonyl (C=O) groups excluding carboxylic acids is 1. The first-order valence-corrected chi connectivity index (χ1v) is 5.73. The molecule has 2 rings (SSSR count). The van der Waals surface area contributed by atoms with Crippen LogP contribution in [0.15, 0.2) is 46.9 Å². The minimum absolute atomic E-state index is 0.0324. The molecule has 0 bridgehead atoms. The highest BCUT2D eigenvalue weighted by molar-refractivity contribution is 9.10. The second kappa shape index (κ2) is 4.67. The first kappa shape index (κ1) is 11.8. The molecule has 0 aliphatic heterocycles. The van der Waals surface area contributed by atoms with E-state index in [1.165, 1.54) is 12.1 Å². The maximum atomic E-state index is 13.7. The fourth-order valence-corrected chi connectivity index (χ4v) is 1.88. The Morgan fingerprint density at radius 1 is 1.18 bits per heavy atom. The Morgan fingerprint density at radius 3 is 2.59 bits per heavy atom. The first-order chi connectivity index (χ1) is 8.09. The Labute approximate surface area is 106 Å². The Kier molecular flexibility index (Phi) is 3.24. The maximum Gasteiger partial charge on any atom is 0.196 e. The number of rotatable bonds is 2. The number of hydrogen-bond acceptors (Lipinski definition) is 2. The molecule has 0 atom stereocenters. The molecule has 0 saturated carbocycles. The number of benzene rings is 2. The van der Waals surface area contributed by atoms with Crippen LogP contribution in [0.5, 0.6) is 0 Å². The van der Waals surface area contributed by atoms with Gasteiger partial charge in [0.25, 0.3) is 0 Å². The van der Waals surface area contributed by atoms with Crippen molar-refractivity contribution in [1.82, 2.24) is 0 Å². The molecule has 0 aliphatic carbocycles. The minimum Gasteiger partial charge on any atom is -0.399 e. The topological polar surface area (TPSA) is 43.1 Å². The van der Waals surface area contributed by atoms with Gasteiger partial charge in [-0.2, -0.15) is 0 Å². The lowest BCUT2D eigenvalue weighted by Crippen LogP contribution is -2.05. The summed E-state index contributed by atoms with van der Waals surface area (Å²) in [5, 5.41) is 0. The van der Waals surface area contributed by atoms with Crippen LogP contribution in [0.4, 0.5) is 10.1 Å². The number of nitrogen functional groups attached to an aromatic ring is 1. The molecule has 2 N–H and O–H groups in total. The molecule has 0 aromatic heterocycles. The minimum atomic E-state index is -0.556. The van der Waals surface area contributed by atoms with Crippen molar-refractivity contribution in [2.45, 2.75) is 0 Å². The van der Waals surface area contributed by atoms with Gasteiger partial charge in [-0.3, -0.25) is 4.79 Å². The molecular weight excluding hydrogens is 285 g/mol. The third kappa shape index (κ3) is 2.36. The van der Waals surface area contributed by atoms with Crippen molar-refractivity contribution < 1.29 is 9.18 Å². The van der Waals surface area contributed by atoms with Crippen molar-refractivity contribution in [1.29, 1.82) is 0 Å². The van der Waals surface area contributed by atoms with Crippen LogP contribution in [0.1, 0.15) is 15.9 Å². The molecule has 86 valence electrons. The van der Waals surface area contributed by atoms with Gasteiger partial charge >= 0.3 is 0 Å². The molecule has 2 nitrogen and oxygen atoms in total. The van der Waals surface area contributed by atoms with Gasteiger partial charge in [0, 0.05) is 11.3 Å². The highest BCUT2D eigenvalue weighted by Crippen LogP contribution is 2.21. The summed E-state index contributed by atoms with van der Waals surface area (Å²) in [4.78, 5) is 12.1. The number of carbonyl (C=O) groups is 1. The van der Waals surface area contributed by atoms with E-state index in [4.69, 9.17) is 5.73 Å². The van der Waals surface area contributed by atoms with Gasteiger partial charge in [-0.25, -0.2) is 4.39 Å². The molecule has 0 spiro atoms. The van der Waals surface area contributed by atoms with Gasteiger partial charge in [-0.05, 0) is 40.2 Å². The van der Waals surface area contributed by atoms with E-state index in [0.29, 0.717) is 11.3 Å². The second-order valence-electron chi connectivity index (χ2n) is 3.56. The standard InChI is InChI=1S/C13H9BrFNO/c14-11-6-2-5-10(12(11)15)13(17)8-3-1-4-9(16)7-8/h1-7H,16H2. The SMILES string of the molecule is Nc1cccc(C(=O)c2cccc(Br)c2F)c1. The Bertz CT molecular complexity index is 583. The van der Waals surface area contributed by atoms with Crippen molar-refractivity contribution >= 4 is 27.4 Å². The van der Waals surface area contributed by atoms with Gasteiger partial charge in [0.05, 0.1) is 10.0 Å². The molecular formula is C13H9BrFNO. The normalized spacial score (nSPS) is 10.2. The zero-order valence-electron chi connectivity index (χ0n) is 8.78. The van der Waals surface area contributed by atoms with Crippen molar-refractivity contribution in [3.63, 3.8) is 0 Å². The Balaban J connectivity index is 2.48. The van der Waals surface area contributed by atoms with E-state index < -0.39 is 5.82 Å². The lowest BCUT2D eigenvalue weighted by molar-refractivity contribution is 0.103. The summed E-state index contributed by atoms with van der Waals surface area (Å²) in [5.41, 5.74) is 6.47. The highest BCUT2D eigenvalue weighted by atomic mass is 79.9. The van der Waals surface area contributed by atoms with Crippen LogP contribution in [0.25, 0.3) is 0 Å². The van der Waals surface area contributed by atoms with Gasteiger partial charge in [-0.15, -0.1) is 0 Å². The van der Waals surface area contributed by atoms with Crippen LogP contribution in [-0.2, 0) is 0 Å². The number of ketones is 1. The molecule has 4 heteroatoms. The first-order valence-electron chi connectivity index (χ1n) is 4.94. The molecule has 0 amide bonds. The van der Waals surface area contributed by atoms with Gasteiger partial charge in [0.2, 0.25) is 0 Å². The van der Waals surface area contributed by atoms with Crippen LogP contribution in [0.3, 0.4) is 0 Å². The van der Waals surface area contributed by atoms with E-state index in [9.17, 15) is 9.18 Å². The number of nitrogens with two attached hydrogens (primary N) is 1. The van der Waals surface area contributed by atoms with E-state index in [2.05, 4.69) is 15.9 Å². The third-order valence-electron chi connectivity index (χ3n) is 2.35. The van der Waals surface area contributed by atoms with E-state index in [1.54, 1.807) is 30.3 Å². The average molecular weight is 294 g/mol. The average Bonchev–Trinajstić information content (AvgIpc) is 2.32. The lowest BCUT2D eigenvalue weighted by atomic mass is 10.0. The quantitative estimate of drug-likeness (QED) is 0.681. The predicted octanol–water partition coefficient (Wildman–Crippen LogP) is 3.40. The predicted molar refractivity (Wildman–Crippen MR) is 68.4 cm³/mol. The summed E-state index contributed by atoms with van der Waals surface area (Å²) in [6.45, 7) is 0. The lowest BCUT2D eigenvalue weighted by Gasteiger charge is -2.04. The molecule has 0 heterocycles. The zero-order valence-corrected chi connectivity index (χ0v) is 10.4. The molecule has 17 heavy (non-hydrogen) atoms. The van der Waals surface area contributed by atoms with Crippen molar-refractivity contribution in [3.8, 4) is 0 Å². The molecule has 2 aromatic rings. The molecule has 0 fully saturated rings.